The molecule has 204 valence electrons. The van der Waals surface area contributed by atoms with Gasteiger partial charge in [0.05, 0.1) is 24.5 Å². The Morgan fingerprint density at radius 2 is 2.03 bits per heavy atom. The smallest absolute Gasteiger partial charge is 0.226 e. The number of carbonyl (C=O) groups excluding carboxylic acids is 1. The molecule has 1 unspecified atom stereocenters. The molecule has 10 nitrogen and oxygen atoms in total. The molecule has 0 radical (unpaired) electrons. The first-order valence-corrected chi connectivity index (χ1v) is 12.9. The summed E-state index contributed by atoms with van der Waals surface area (Å²) in [5.41, 5.74) is 3.73. The quantitative estimate of drug-likeness (QED) is 0.257. The molecule has 0 spiro atoms. The minimum atomic E-state index is -0.606. The molecule has 3 heterocycles. The molecule has 0 saturated carbocycles. The van der Waals surface area contributed by atoms with Crippen molar-refractivity contribution in [3.63, 3.8) is 0 Å². The Morgan fingerprint density at radius 3 is 2.79 bits per heavy atom. The zero-order valence-corrected chi connectivity index (χ0v) is 22.1. The lowest BCUT2D eigenvalue weighted by Crippen LogP contribution is -2.28. The first-order chi connectivity index (χ1) is 18.9. The highest BCUT2D eigenvalue weighted by Gasteiger charge is 2.11. The van der Waals surface area contributed by atoms with Gasteiger partial charge in [0.1, 0.15) is 5.82 Å². The summed E-state index contributed by atoms with van der Waals surface area (Å²) < 4.78 is 17.1. The molecule has 0 bridgehead atoms. The Kier molecular flexibility index (Phi) is 9.52. The van der Waals surface area contributed by atoms with Crippen molar-refractivity contribution in [1.29, 1.82) is 0 Å². The van der Waals surface area contributed by atoms with Crippen LogP contribution >= 0.6 is 0 Å². The van der Waals surface area contributed by atoms with Crippen molar-refractivity contribution < 1.29 is 14.3 Å². The molecule has 0 saturated heterocycles. The van der Waals surface area contributed by atoms with E-state index in [-0.39, 0.29) is 12.3 Å². The summed E-state index contributed by atoms with van der Waals surface area (Å²) in [5.74, 6) is 0.0363. The highest BCUT2D eigenvalue weighted by molar-refractivity contribution is 5.90. The molecule has 0 aliphatic carbocycles. The van der Waals surface area contributed by atoms with Crippen LogP contribution in [0.1, 0.15) is 42.7 Å². The van der Waals surface area contributed by atoms with Gasteiger partial charge >= 0.3 is 0 Å². The normalized spacial score (nSPS) is 12.4. The molecule has 4 rings (SSSR count). The third kappa shape index (κ3) is 8.05. The van der Waals surface area contributed by atoms with Crippen LogP contribution in [0.2, 0.25) is 0 Å². The lowest BCUT2D eigenvalue weighted by molar-refractivity contribution is -0.116. The number of nitrogens with zero attached hydrogens (tertiary/aromatic N) is 6. The van der Waals surface area contributed by atoms with Crippen LogP contribution < -0.4 is 16.1 Å². The first-order valence-electron chi connectivity index (χ1n) is 12.9. The van der Waals surface area contributed by atoms with E-state index in [2.05, 4.69) is 30.7 Å². The maximum absolute atomic E-state index is 13.3. The van der Waals surface area contributed by atoms with E-state index in [1.165, 1.54) is 12.1 Å². The van der Waals surface area contributed by atoms with Crippen LogP contribution in [-0.2, 0) is 17.9 Å². The van der Waals surface area contributed by atoms with Crippen molar-refractivity contribution in [1.82, 2.24) is 24.3 Å². The van der Waals surface area contributed by atoms with Gasteiger partial charge in [-0.3, -0.25) is 19.5 Å². The van der Waals surface area contributed by atoms with Gasteiger partial charge in [0.2, 0.25) is 5.91 Å². The van der Waals surface area contributed by atoms with Gasteiger partial charge in [-0.05, 0) is 56.2 Å². The van der Waals surface area contributed by atoms with Crippen LogP contribution in [-0.4, -0.2) is 48.4 Å². The van der Waals surface area contributed by atoms with Gasteiger partial charge in [0.25, 0.3) is 0 Å². The number of aromatic nitrogens is 5. The zero-order chi connectivity index (χ0) is 27.6. The van der Waals surface area contributed by atoms with E-state index >= 15 is 0 Å². The van der Waals surface area contributed by atoms with E-state index in [9.17, 15) is 14.3 Å². The summed E-state index contributed by atoms with van der Waals surface area (Å²) in [4.78, 5) is 25.6. The average molecular weight is 533 g/mol. The highest BCUT2D eigenvalue weighted by Crippen LogP contribution is 2.15. The molecule has 11 heteroatoms. The summed E-state index contributed by atoms with van der Waals surface area (Å²) in [7, 11) is 0. The van der Waals surface area contributed by atoms with Crippen molar-refractivity contribution in [3.8, 4) is 0 Å². The number of amides is 1. The Bertz CT molecular complexity index is 1450. The van der Waals surface area contributed by atoms with Crippen LogP contribution in [0.25, 0.3) is 0 Å². The molecule has 0 aliphatic heterocycles. The van der Waals surface area contributed by atoms with Gasteiger partial charge in [0.15, 0.2) is 11.3 Å². The van der Waals surface area contributed by atoms with Crippen molar-refractivity contribution in [2.75, 3.05) is 23.7 Å². The number of halogens is 1. The number of pyridine rings is 1. The van der Waals surface area contributed by atoms with Gasteiger partial charge in [-0.2, -0.15) is 5.10 Å². The number of rotatable bonds is 12. The van der Waals surface area contributed by atoms with E-state index in [4.69, 9.17) is 0 Å². The van der Waals surface area contributed by atoms with Crippen molar-refractivity contribution in [2.24, 2.45) is 4.99 Å². The molecule has 0 fully saturated rings. The SMILES string of the molecule is CCN=c1c(NCCC(O)c2ccncc2)nc(C)cn1Cc1cnn(CCC(=O)Nc2cccc(F)c2)c1. The van der Waals surface area contributed by atoms with Crippen molar-refractivity contribution in [3.05, 3.63) is 95.5 Å². The van der Waals surface area contributed by atoms with Crippen molar-refractivity contribution >= 4 is 17.4 Å². The second-order valence-electron chi connectivity index (χ2n) is 9.09. The van der Waals surface area contributed by atoms with Crippen LogP contribution in [0.5, 0.6) is 0 Å². The maximum Gasteiger partial charge on any atom is 0.226 e. The molecule has 39 heavy (non-hydrogen) atoms. The number of aliphatic hydroxyl groups is 1. The molecule has 3 aromatic heterocycles. The standard InChI is InChI=1S/C28H33FN8O2/c1-3-31-28-27(32-13-9-25(38)22-7-11-30-12-8-22)34-20(2)17-36(28)18-21-16-33-37(19-21)14-10-26(39)35-24-6-4-5-23(29)15-24/h4-8,11-12,15-17,19,25,38H,3,9-10,13-14,18H2,1-2H3,(H,32,34)(H,35,39). The number of benzene rings is 1. The van der Waals surface area contributed by atoms with Crippen LogP contribution in [0, 0.1) is 12.7 Å². The first kappa shape index (κ1) is 27.6. The predicted octanol–water partition coefficient (Wildman–Crippen LogP) is 3.46. The molecule has 3 N–H and O–H groups in total. The summed E-state index contributed by atoms with van der Waals surface area (Å²) in [6, 6.07) is 9.41. The Labute approximate surface area is 226 Å². The van der Waals surface area contributed by atoms with Gasteiger partial charge in [-0.15, -0.1) is 0 Å². The number of carbonyl (C=O) groups is 1. The number of hydrogen-bond acceptors (Lipinski definition) is 7. The van der Waals surface area contributed by atoms with E-state index in [1.54, 1.807) is 47.5 Å². The summed E-state index contributed by atoms with van der Waals surface area (Å²) in [5, 5.41) is 20.9. The lowest BCUT2D eigenvalue weighted by Gasteiger charge is -2.15. The number of aliphatic hydroxyl groups excluding tert-OH is 1. The molecule has 1 amide bonds. The summed E-state index contributed by atoms with van der Waals surface area (Å²) in [6.07, 6.45) is 9.03. The largest absolute Gasteiger partial charge is 0.388 e. The van der Waals surface area contributed by atoms with E-state index in [0.717, 1.165) is 16.8 Å². The average Bonchev–Trinajstić information content (AvgIpc) is 3.37. The summed E-state index contributed by atoms with van der Waals surface area (Å²) in [6.45, 7) is 5.89. The number of nitrogens with one attached hydrogen (secondary N) is 2. The minimum Gasteiger partial charge on any atom is -0.388 e. The summed E-state index contributed by atoms with van der Waals surface area (Å²) >= 11 is 0. The molecule has 4 aromatic rings. The van der Waals surface area contributed by atoms with Gasteiger partial charge in [0, 0.05) is 62.1 Å². The fraction of sp³-hybridized carbons (Fsp3) is 0.321. The molecule has 0 aliphatic rings. The monoisotopic (exact) mass is 532 g/mol. The lowest BCUT2D eigenvalue weighted by atomic mass is 10.1. The Balaban J connectivity index is 1.38. The highest BCUT2D eigenvalue weighted by atomic mass is 19.1. The third-order valence-corrected chi connectivity index (χ3v) is 5.94. The fourth-order valence-electron chi connectivity index (χ4n) is 4.12. The maximum atomic E-state index is 13.3. The molecular weight excluding hydrogens is 499 g/mol. The number of hydrogen-bond donors (Lipinski definition) is 3. The number of aryl methyl sites for hydroxylation is 2. The third-order valence-electron chi connectivity index (χ3n) is 5.94. The van der Waals surface area contributed by atoms with E-state index in [0.29, 0.717) is 49.6 Å². The van der Waals surface area contributed by atoms with Gasteiger partial charge in [-0.1, -0.05) is 6.07 Å². The zero-order valence-electron chi connectivity index (χ0n) is 22.1. The minimum absolute atomic E-state index is 0.203. The van der Waals surface area contributed by atoms with Crippen LogP contribution in [0.3, 0.4) is 0 Å². The fourth-order valence-corrected chi connectivity index (χ4v) is 4.12. The van der Waals surface area contributed by atoms with Crippen LogP contribution in [0.15, 0.2) is 72.4 Å². The second-order valence-corrected chi connectivity index (χ2v) is 9.09. The van der Waals surface area contributed by atoms with Gasteiger partial charge < -0.3 is 20.3 Å². The molecular formula is C28H33FN8O2. The number of anilines is 2. The van der Waals surface area contributed by atoms with E-state index < -0.39 is 11.9 Å². The molecule has 1 atom stereocenters. The predicted molar refractivity (Wildman–Crippen MR) is 146 cm³/mol. The van der Waals surface area contributed by atoms with E-state index in [1.807, 2.05) is 30.8 Å². The van der Waals surface area contributed by atoms with Gasteiger partial charge in [-0.25, -0.2) is 9.37 Å². The van der Waals surface area contributed by atoms with Crippen LogP contribution in [0.4, 0.5) is 15.9 Å². The second kappa shape index (κ2) is 13.4. The Hall–Kier alpha value is -4.38. The Morgan fingerprint density at radius 1 is 1.21 bits per heavy atom. The topological polar surface area (TPSA) is 122 Å². The molecule has 1 aromatic carbocycles. The van der Waals surface area contributed by atoms with Crippen molar-refractivity contribution in [2.45, 2.75) is 45.9 Å².